The molecule has 0 fully saturated rings. The van der Waals surface area contributed by atoms with E-state index in [1.165, 1.54) is 7.11 Å². The summed E-state index contributed by atoms with van der Waals surface area (Å²) in [6.45, 7) is 0.0792. The van der Waals surface area contributed by atoms with E-state index < -0.39 is 11.7 Å². The van der Waals surface area contributed by atoms with E-state index in [0.717, 1.165) is 12.1 Å². The third-order valence-corrected chi connectivity index (χ3v) is 2.43. The van der Waals surface area contributed by atoms with Crippen molar-refractivity contribution in [3.8, 4) is 0 Å². The first kappa shape index (κ1) is 12.6. The van der Waals surface area contributed by atoms with Crippen molar-refractivity contribution >= 4 is 23.2 Å². The molecule has 1 rings (SSSR count). The molecule has 1 aromatic carbocycles. The normalized spacial score (nSPS) is 11.9. The summed E-state index contributed by atoms with van der Waals surface area (Å²) >= 11 is 11.3. The monoisotopic (exact) mass is 258 g/mol. The number of methoxy groups -OCH3 is 1. The number of hydrogen-bond acceptors (Lipinski definition) is 1. The molecule has 0 N–H and O–H groups in total. The lowest BCUT2D eigenvalue weighted by molar-refractivity contribution is -0.137. The van der Waals surface area contributed by atoms with Crippen molar-refractivity contribution in [3.05, 3.63) is 33.3 Å². The second-order valence-corrected chi connectivity index (χ2v) is 3.66. The largest absolute Gasteiger partial charge is 0.416 e. The lowest BCUT2D eigenvalue weighted by Crippen LogP contribution is -2.06. The highest BCUT2D eigenvalue weighted by Crippen LogP contribution is 2.35. The van der Waals surface area contributed by atoms with Crippen LogP contribution in [0.15, 0.2) is 12.1 Å². The SMILES string of the molecule is COCc1c(Cl)cc(C(F)(F)F)cc1Cl. The number of halogens is 5. The Morgan fingerprint density at radius 2 is 1.67 bits per heavy atom. The van der Waals surface area contributed by atoms with Crippen LogP contribution in [0.4, 0.5) is 13.2 Å². The van der Waals surface area contributed by atoms with Crippen molar-refractivity contribution in [2.24, 2.45) is 0 Å². The lowest BCUT2D eigenvalue weighted by atomic mass is 10.1. The first-order chi connectivity index (χ1) is 6.86. The highest BCUT2D eigenvalue weighted by Gasteiger charge is 2.31. The van der Waals surface area contributed by atoms with Crippen LogP contribution in [0.1, 0.15) is 11.1 Å². The minimum Gasteiger partial charge on any atom is -0.380 e. The van der Waals surface area contributed by atoms with Crippen LogP contribution in [0.2, 0.25) is 10.0 Å². The van der Waals surface area contributed by atoms with Gasteiger partial charge in [0, 0.05) is 22.7 Å². The fourth-order valence-corrected chi connectivity index (χ4v) is 1.65. The van der Waals surface area contributed by atoms with Crippen molar-refractivity contribution in [1.82, 2.24) is 0 Å². The highest BCUT2D eigenvalue weighted by molar-refractivity contribution is 6.36. The molecule has 0 saturated heterocycles. The summed E-state index contributed by atoms with van der Waals surface area (Å²) < 4.78 is 41.7. The average Bonchev–Trinajstić information content (AvgIpc) is 2.09. The van der Waals surface area contributed by atoms with Gasteiger partial charge in [0.15, 0.2) is 0 Å². The van der Waals surface area contributed by atoms with Crippen LogP contribution in [-0.4, -0.2) is 7.11 Å². The minimum absolute atomic E-state index is 0.0447. The fraction of sp³-hybridized carbons (Fsp3) is 0.333. The van der Waals surface area contributed by atoms with Crippen LogP contribution < -0.4 is 0 Å². The van der Waals surface area contributed by atoms with E-state index in [0.29, 0.717) is 5.56 Å². The van der Waals surface area contributed by atoms with Gasteiger partial charge in [-0.25, -0.2) is 0 Å². The van der Waals surface area contributed by atoms with E-state index in [9.17, 15) is 13.2 Å². The lowest BCUT2D eigenvalue weighted by Gasteiger charge is -2.11. The summed E-state index contributed by atoms with van der Waals surface area (Å²) in [6.07, 6.45) is -4.45. The first-order valence-electron chi connectivity index (χ1n) is 3.90. The van der Waals surface area contributed by atoms with Crippen molar-refractivity contribution in [1.29, 1.82) is 0 Å². The summed E-state index contributed by atoms with van der Waals surface area (Å²) in [5.41, 5.74) is -0.508. The van der Waals surface area contributed by atoms with Gasteiger partial charge in [-0.05, 0) is 12.1 Å². The quantitative estimate of drug-likeness (QED) is 0.774. The Morgan fingerprint density at radius 1 is 1.20 bits per heavy atom. The molecule has 0 spiro atoms. The van der Waals surface area contributed by atoms with Crippen LogP contribution in [0.3, 0.4) is 0 Å². The molecule has 0 amide bonds. The zero-order valence-electron chi connectivity index (χ0n) is 7.66. The molecule has 1 aromatic rings. The number of ether oxygens (including phenoxy) is 1. The topological polar surface area (TPSA) is 9.23 Å². The maximum atomic E-state index is 12.3. The highest BCUT2D eigenvalue weighted by atomic mass is 35.5. The Hall–Kier alpha value is -0.450. The Labute approximate surface area is 94.7 Å². The molecule has 0 aliphatic heterocycles. The Kier molecular flexibility index (Phi) is 3.87. The summed E-state index contributed by atoms with van der Waals surface area (Å²) in [7, 11) is 1.41. The molecule has 6 heteroatoms. The third-order valence-electron chi connectivity index (χ3n) is 1.76. The van der Waals surface area contributed by atoms with Gasteiger partial charge in [0.05, 0.1) is 12.2 Å². The molecule has 15 heavy (non-hydrogen) atoms. The Bertz CT molecular complexity index is 340. The van der Waals surface area contributed by atoms with Crippen LogP contribution in [0.25, 0.3) is 0 Å². The molecule has 0 aliphatic carbocycles. The first-order valence-corrected chi connectivity index (χ1v) is 4.66. The van der Waals surface area contributed by atoms with Crippen molar-refractivity contribution in [2.45, 2.75) is 12.8 Å². The van der Waals surface area contributed by atoms with Crippen LogP contribution in [-0.2, 0) is 17.5 Å². The molecular formula is C9H7Cl2F3O. The Morgan fingerprint density at radius 3 is 2.00 bits per heavy atom. The van der Waals surface area contributed by atoms with E-state index in [1.807, 2.05) is 0 Å². The Balaban J connectivity index is 3.19. The summed E-state index contributed by atoms with van der Waals surface area (Å²) in [5.74, 6) is 0. The molecule has 0 atom stereocenters. The van der Waals surface area contributed by atoms with E-state index in [1.54, 1.807) is 0 Å². The molecule has 0 aromatic heterocycles. The van der Waals surface area contributed by atoms with Gasteiger partial charge in [0.1, 0.15) is 0 Å². The average molecular weight is 259 g/mol. The zero-order valence-corrected chi connectivity index (χ0v) is 9.17. The third kappa shape index (κ3) is 3.00. The van der Waals surface area contributed by atoms with Gasteiger partial charge in [0.2, 0.25) is 0 Å². The number of hydrogen-bond donors (Lipinski definition) is 0. The standard InChI is InChI=1S/C9H7Cl2F3O/c1-15-4-6-7(10)2-5(3-8(6)11)9(12,13)14/h2-3H,4H2,1H3. The molecule has 1 nitrogen and oxygen atoms in total. The molecule has 0 radical (unpaired) electrons. The van der Waals surface area contributed by atoms with Crippen molar-refractivity contribution in [3.63, 3.8) is 0 Å². The van der Waals surface area contributed by atoms with Gasteiger partial charge in [-0.3, -0.25) is 0 Å². The fourth-order valence-electron chi connectivity index (χ4n) is 1.05. The van der Waals surface area contributed by atoms with Crippen molar-refractivity contribution in [2.75, 3.05) is 7.11 Å². The molecule has 0 aliphatic rings. The molecule has 84 valence electrons. The predicted molar refractivity (Wildman–Crippen MR) is 52.2 cm³/mol. The van der Waals surface area contributed by atoms with Gasteiger partial charge in [0.25, 0.3) is 0 Å². The summed E-state index contributed by atoms with van der Waals surface area (Å²) in [5, 5.41) is -0.0895. The molecule has 0 bridgehead atoms. The smallest absolute Gasteiger partial charge is 0.380 e. The molecule has 0 saturated carbocycles. The van der Waals surface area contributed by atoms with Gasteiger partial charge < -0.3 is 4.74 Å². The second kappa shape index (κ2) is 4.60. The van der Waals surface area contributed by atoms with Crippen LogP contribution in [0.5, 0.6) is 0 Å². The van der Waals surface area contributed by atoms with Crippen LogP contribution in [0, 0.1) is 0 Å². The maximum Gasteiger partial charge on any atom is 0.416 e. The zero-order chi connectivity index (χ0) is 11.6. The van der Waals surface area contributed by atoms with Gasteiger partial charge >= 0.3 is 6.18 Å². The van der Waals surface area contributed by atoms with Gasteiger partial charge in [-0.1, -0.05) is 23.2 Å². The number of rotatable bonds is 2. The van der Waals surface area contributed by atoms with Gasteiger partial charge in [-0.2, -0.15) is 13.2 Å². The summed E-state index contributed by atoms with van der Waals surface area (Å²) in [4.78, 5) is 0. The van der Waals surface area contributed by atoms with Crippen LogP contribution >= 0.6 is 23.2 Å². The predicted octanol–water partition coefficient (Wildman–Crippen LogP) is 4.16. The maximum absolute atomic E-state index is 12.3. The number of benzene rings is 1. The molecular weight excluding hydrogens is 252 g/mol. The summed E-state index contributed by atoms with van der Waals surface area (Å²) in [6, 6.07) is 1.67. The van der Waals surface area contributed by atoms with E-state index in [2.05, 4.69) is 0 Å². The van der Waals surface area contributed by atoms with Gasteiger partial charge in [-0.15, -0.1) is 0 Å². The molecule has 0 heterocycles. The minimum atomic E-state index is -4.45. The van der Waals surface area contributed by atoms with E-state index in [-0.39, 0.29) is 16.7 Å². The number of alkyl halides is 3. The second-order valence-electron chi connectivity index (χ2n) is 2.85. The van der Waals surface area contributed by atoms with Crippen molar-refractivity contribution < 1.29 is 17.9 Å². The molecule has 0 unspecified atom stereocenters. The van der Waals surface area contributed by atoms with E-state index in [4.69, 9.17) is 27.9 Å². The van der Waals surface area contributed by atoms with E-state index >= 15 is 0 Å².